The molecule has 0 spiro atoms. The van der Waals surface area contributed by atoms with E-state index >= 15 is 0 Å². The largest absolute Gasteiger partial charge is 0.489 e. The van der Waals surface area contributed by atoms with E-state index in [-0.39, 0.29) is 0 Å². The minimum Gasteiger partial charge on any atom is -0.489 e. The quantitative estimate of drug-likeness (QED) is 0.655. The highest BCUT2D eigenvalue weighted by Crippen LogP contribution is 2.14. The molecule has 21 heavy (non-hydrogen) atoms. The van der Waals surface area contributed by atoms with Gasteiger partial charge in [0.15, 0.2) is 5.96 Å². The highest BCUT2D eigenvalue weighted by molar-refractivity contribution is 5.79. The van der Waals surface area contributed by atoms with Gasteiger partial charge in [-0.15, -0.1) is 0 Å². The molecule has 0 aliphatic heterocycles. The van der Waals surface area contributed by atoms with Crippen LogP contribution >= 0.6 is 0 Å². The van der Waals surface area contributed by atoms with Gasteiger partial charge in [0.2, 0.25) is 0 Å². The van der Waals surface area contributed by atoms with Crippen LogP contribution in [0.2, 0.25) is 0 Å². The molecule has 0 aliphatic carbocycles. The monoisotopic (exact) mass is 283 g/mol. The number of rotatable bonds is 5. The third kappa shape index (κ3) is 4.84. The lowest BCUT2D eigenvalue weighted by molar-refractivity contribution is 0.306. The average molecular weight is 283 g/mol. The molecule has 0 unspecified atom stereocenters. The van der Waals surface area contributed by atoms with E-state index in [0.29, 0.717) is 6.61 Å². The third-order valence-electron chi connectivity index (χ3n) is 3.09. The van der Waals surface area contributed by atoms with Crippen molar-refractivity contribution in [1.82, 2.24) is 10.6 Å². The molecule has 2 rings (SSSR count). The van der Waals surface area contributed by atoms with Crippen LogP contribution in [-0.4, -0.2) is 20.1 Å². The van der Waals surface area contributed by atoms with Crippen molar-refractivity contribution in [2.75, 3.05) is 14.1 Å². The number of hydrogen-bond acceptors (Lipinski definition) is 2. The van der Waals surface area contributed by atoms with Crippen molar-refractivity contribution in [2.24, 2.45) is 4.99 Å². The highest BCUT2D eigenvalue weighted by atomic mass is 16.5. The second-order valence-electron chi connectivity index (χ2n) is 4.59. The number of ether oxygens (including phenoxy) is 1. The summed E-state index contributed by atoms with van der Waals surface area (Å²) >= 11 is 0. The normalized spacial score (nSPS) is 11.0. The first-order valence-corrected chi connectivity index (χ1v) is 6.96. The summed E-state index contributed by atoms with van der Waals surface area (Å²) in [7, 11) is 3.59. The van der Waals surface area contributed by atoms with Crippen LogP contribution in [-0.2, 0) is 13.2 Å². The fourth-order valence-corrected chi connectivity index (χ4v) is 1.91. The average Bonchev–Trinajstić information content (AvgIpc) is 2.56. The van der Waals surface area contributed by atoms with Gasteiger partial charge in [0.05, 0.1) is 0 Å². The van der Waals surface area contributed by atoms with E-state index in [1.165, 1.54) is 11.1 Å². The summed E-state index contributed by atoms with van der Waals surface area (Å²) in [6, 6.07) is 18.2. The molecule has 0 heterocycles. The topological polar surface area (TPSA) is 45.7 Å². The molecule has 2 aromatic carbocycles. The minimum atomic E-state index is 0.588. The van der Waals surface area contributed by atoms with Gasteiger partial charge < -0.3 is 15.4 Å². The van der Waals surface area contributed by atoms with Crippen LogP contribution in [0.1, 0.15) is 11.1 Å². The molecule has 4 heteroatoms. The van der Waals surface area contributed by atoms with E-state index in [0.717, 1.165) is 18.3 Å². The zero-order valence-corrected chi connectivity index (χ0v) is 12.5. The molecule has 0 saturated heterocycles. The summed E-state index contributed by atoms with van der Waals surface area (Å²) in [5.41, 5.74) is 2.35. The Hall–Kier alpha value is -2.49. The lowest BCUT2D eigenvalue weighted by atomic mass is 10.2. The van der Waals surface area contributed by atoms with Crippen LogP contribution in [0.15, 0.2) is 59.6 Å². The summed E-state index contributed by atoms with van der Waals surface area (Å²) in [6.07, 6.45) is 0. The molecule has 4 nitrogen and oxygen atoms in total. The first-order chi connectivity index (χ1) is 10.3. The Morgan fingerprint density at radius 2 is 1.71 bits per heavy atom. The summed E-state index contributed by atoms with van der Waals surface area (Å²) in [5.74, 6) is 1.65. The second kappa shape index (κ2) is 7.94. The Kier molecular flexibility index (Phi) is 5.64. The number of nitrogens with one attached hydrogen (secondary N) is 2. The molecule has 0 bridgehead atoms. The summed E-state index contributed by atoms with van der Waals surface area (Å²) < 4.78 is 5.76. The molecule has 0 fully saturated rings. The van der Waals surface area contributed by atoms with E-state index in [4.69, 9.17) is 4.74 Å². The number of hydrogen-bond donors (Lipinski definition) is 2. The van der Waals surface area contributed by atoms with Gasteiger partial charge in [-0.05, 0) is 23.3 Å². The zero-order valence-electron chi connectivity index (χ0n) is 12.5. The second-order valence-corrected chi connectivity index (χ2v) is 4.59. The van der Waals surface area contributed by atoms with Gasteiger partial charge in [0.1, 0.15) is 12.4 Å². The van der Waals surface area contributed by atoms with Crippen molar-refractivity contribution in [1.29, 1.82) is 0 Å². The van der Waals surface area contributed by atoms with Crippen molar-refractivity contribution in [2.45, 2.75) is 13.2 Å². The Labute approximate surface area is 125 Å². The predicted octanol–water partition coefficient (Wildman–Crippen LogP) is 2.56. The van der Waals surface area contributed by atoms with Crippen molar-refractivity contribution < 1.29 is 4.74 Å². The predicted molar refractivity (Wildman–Crippen MR) is 86.5 cm³/mol. The Balaban J connectivity index is 1.84. The fourth-order valence-electron chi connectivity index (χ4n) is 1.91. The molecule has 0 aromatic heterocycles. The van der Waals surface area contributed by atoms with Crippen molar-refractivity contribution >= 4 is 5.96 Å². The SMILES string of the molecule is CN=C(NC)NCc1ccc(OCc2ccccc2)cc1. The number of aliphatic imine (C=N–C) groups is 1. The Bertz CT molecular complexity index is 564. The van der Waals surface area contributed by atoms with Crippen LogP contribution in [0, 0.1) is 0 Å². The number of guanidine groups is 1. The minimum absolute atomic E-state index is 0.588. The molecule has 110 valence electrons. The Morgan fingerprint density at radius 3 is 2.33 bits per heavy atom. The van der Waals surface area contributed by atoms with Gasteiger partial charge in [-0.3, -0.25) is 4.99 Å². The van der Waals surface area contributed by atoms with Crippen LogP contribution < -0.4 is 15.4 Å². The maximum atomic E-state index is 5.76. The molecule has 2 N–H and O–H groups in total. The van der Waals surface area contributed by atoms with Gasteiger partial charge in [-0.25, -0.2) is 0 Å². The molecular weight excluding hydrogens is 262 g/mol. The van der Waals surface area contributed by atoms with Crippen LogP contribution in [0.5, 0.6) is 5.75 Å². The van der Waals surface area contributed by atoms with E-state index in [1.807, 2.05) is 37.4 Å². The van der Waals surface area contributed by atoms with Gasteiger partial charge in [-0.2, -0.15) is 0 Å². The summed E-state index contributed by atoms with van der Waals surface area (Å²) in [6.45, 7) is 1.32. The standard InChI is InChI=1S/C17H21N3O/c1-18-17(19-2)20-12-14-8-10-16(11-9-14)21-13-15-6-4-3-5-7-15/h3-11H,12-13H2,1-2H3,(H2,18,19,20). The van der Waals surface area contributed by atoms with Gasteiger partial charge >= 0.3 is 0 Å². The molecule has 0 atom stereocenters. The molecule has 2 aromatic rings. The Morgan fingerprint density at radius 1 is 1.00 bits per heavy atom. The van der Waals surface area contributed by atoms with Crippen molar-refractivity contribution in [3.05, 3.63) is 65.7 Å². The lowest BCUT2D eigenvalue weighted by Gasteiger charge is -2.10. The van der Waals surface area contributed by atoms with Gasteiger partial charge in [0, 0.05) is 20.6 Å². The summed E-state index contributed by atoms with van der Waals surface area (Å²) in [4.78, 5) is 4.07. The van der Waals surface area contributed by atoms with Crippen LogP contribution in [0.3, 0.4) is 0 Å². The molecule has 0 aliphatic rings. The van der Waals surface area contributed by atoms with Gasteiger partial charge in [0.25, 0.3) is 0 Å². The van der Waals surface area contributed by atoms with E-state index in [2.05, 4.69) is 39.9 Å². The van der Waals surface area contributed by atoms with E-state index in [9.17, 15) is 0 Å². The zero-order chi connectivity index (χ0) is 14.9. The molecular formula is C17H21N3O. The first-order valence-electron chi connectivity index (χ1n) is 6.96. The fraction of sp³-hybridized carbons (Fsp3) is 0.235. The first kappa shape index (κ1) is 14.9. The van der Waals surface area contributed by atoms with Crippen LogP contribution in [0.4, 0.5) is 0 Å². The molecule has 0 saturated carbocycles. The van der Waals surface area contributed by atoms with Gasteiger partial charge in [-0.1, -0.05) is 42.5 Å². The number of benzene rings is 2. The maximum absolute atomic E-state index is 5.76. The lowest BCUT2D eigenvalue weighted by Crippen LogP contribution is -2.33. The smallest absolute Gasteiger partial charge is 0.190 e. The molecule has 0 radical (unpaired) electrons. The van der Waals surface area contributed by atoms with Crippen molar-refractivity contribution in [3.63, 3.8) is 0 Å². The molecule has 0 amide bonds. The van der Waals surface area contributed by atoms with E-state index < -0.39 is 0 Å². The third-order valence-corrected chi connectivity index (χ3v) is 3.09. The number of nitrogens with zero attached hydrogens (tertiary/aromatic N) is 1. The van der Waals surface area contributed by atoms with E-state index in [1.54, 1.807) is 7.05 Å². The summed E-state index contributed by atoms with van der Waals surface area (Å²) in [5, 5.41) is 6.20. The highest BCUT2D eigenvalue weighted by Gasteiger charge is 1.98. The van der Waals surface area contributed by atoms with Crippen LogP contribution in [0.25, 0.3) is 0 Å². The van der Waals surface area contributed by atoms with Crippen molar-refractivity contribution in [3.8, 4) is 5.75 Å². The maximum Gasteiger partial charge on any atom is 0.190 e.